The fraction of sp³-hybridized carbons (Fsp3) is 0.227. The number of nitrogens with zero attached hydrogens (tertiary/aromatic N) is 1. The lowest BCUT2D eigenvalue weighted by Gasteiger charge is -2.27. The Kier molecular flexibility index (Phi) is 6.02. The second kappa shape index (κ2) is 8.63. The summed E-state index contributed by atoms with van der Waals surface area (Å²) in [5.74, 6) is -0.0852. The van der Waals surface area contributed by atoms with Crippen molar-refractivity contribution in [1.29, 1.82) is 0 Å². The molecule has 3 aromatic rings. The smallest absolute Gasteiger partial charge is 0.234 e. The molecule has 0 fully saturated rings. The molecule has 3 heteroatoms. The van der Waals surface area contributed by atoms with Gasteiger partial charge in [0.1, 0.15) is 0 Å². The largest absolute Gasteiger partial charge is 0.338 e. The maximum absolute atomic E-state index is 13.5. The van der Waals surface area contributed by atoms with Crippen LogP contribution in [0.5, 0.6) is 0 Å². The Morgan fingerprint density at radius 3 is 2.04 bits per heavy atom. The first kappa shape index (κ1) is 17.4. The number of carbonyl (C=O) groups is 1. The summed E-state index contributed by atoms with van der Waals surface area (Å²) in [4.78, 5) is 15.5. The molecule has 128 valence electrons. The lowest BCUT2D eigenvalue weighted by Crippen LogP contribution is -2.35. The van der Waals surface area contributed by atoms with Crippen molar-refractivity contribution in [2.75, 3.05) is 6.54 Å². The number of amides is 1. The molecule has 1 amide bonds. The average Bonchev–Trinajstić information content (AvgIpc) is 3.16. The van der Waals surface area contributed by atoms with Crippen molar-refractivity contribution in [1.82, 2.24) is 4.90 Å². The minimum atomic E-state index is -0.257. The van der Waals surface area contributed by atoms with Crippen LogP contribution in [0.1, 0.15) is 36.0 Å². The molecule has 1 aromatic heterocycles. The highest BCUT2D eigenvalue weighted by molar-refractivity contribution is 7.07. The van der Waals surface area contributed by atoms with E-state index in [4.69, 9.17) is 0 Å². The van der Waals surface area contributed by atoms with Crippen LogP contribution in [0.2, 0.25) is 0 Å². The van der Waals surface area contributed by atoms with Gasteiger partial charge in [0, 0.05) is 13.1 Å². The molecule has 25 heavy (non-hydrogen) atoms. The fourth-order valence-corrected chi connectivity index (χ4v) is 3.75. The van der Waals surface area contributed by atoms with Crippen LogP contribution >= 0.6 is 11.3 Å². The summed E-state index contributed by atoms with van der Waals surface area (Å²) < 4.78 is 0. The van der Waals surface area contributed by atoms with E-state index in [-0.39, 0.29) is 11.8 Å². The molecular formula is C22H23NOS. The standard InChI is InChI=1S/C22H23NOS/c1-2-14-23(16-18-13-15-25-17-18)22(24)21(19-9-5-3-6-10-19)20-11-7-4-8-12-20/h3-13,15,17,21H,2,14,16H2,1H3. The topological polar surface area (TPSA) is 20.3 Å². The first-order chi connectivity index (χ1) is 12.3. The Bertz CT molecular complexity index is 729. The van der Waals surface area contributed by atoms with Gasteiger partial charge in [0.2, 0.25) is 5.91 Å². The molecule has 0 aliphatic heterocycles. The molecular weight excluding hydrogens is 326 g/mol. The van der Waals surface area contributed by atoms with E-state index in [1.165, 1.54) is 5.56 Å². The first-order valence-corrected chi connectivity index (χ1v) is 9.63. The van der Waals surface area contributed by atoms with Crippen LogP contribution in [0.25, 0.3) is 0 Å². The SMILES string of the molecule is CCCN(Cc1ccsc1)C(=O)C(c1ccccc1)c1ccccc1. The molecule has 0 bridgehead atoms. The van der Waals surface area contributed by atoms with Crippen LogP contribution in [0, 0.1) is 0 Å². The minimum Gasteiger partial charge on any atom is -0.338 e. The van der Waals surface area contributed by atoms with Gasteiger partial charge in [-0.2, -0.15) is 11.3 Å². The van der Waals surface area contributed by atoms with Gasteiger partial charge in [0.05, 0.1) is 5.92 Å². The summed E-state index contributed by atoms with van der Waals surface area (Å²) in [6.07, 6.45) is 0.951. The van der Waals surface area contributed by atoms with E-state index < -0.39 is 0 Å². The monoisotopic (exact) mass is 349 g/mol. The first-order valence-electron chi connectivity index (χ1n) is 8.69. The lowest BCUT2D eigenvalue weighted by molar-refractivity contribution is -0.132. The molecule has 1 heterocycles. The number of hydrogen-bond donors (Lipinski definition) is 0. The Morgan fingerprint density at radius 2 is 1.56 bits per heavy atom. The highest BCUT2D eigenvalue weighted by atomic mass is 32.1. The quantitative estimate of drug-likeness (QED) is 0.565. The van der Waals surface area contributed by atoms with E-state index in [1.54, 1.807) is 11.3 Å². The summed E-state index contributed by atoms with van der Waals surface area (Å²) in [6.45, 7) is 3.56. The Morgan fingerprint density at radius 1 is 0.960 bits per heavy atom. The second-order valence-corrected chi connectivity index (χ2v) is 6.93. The van der Waals surface area contributed by atoms with Crippen LogP contribution in [-0.4, -0.2) is 17.4 Å². The van der Waals surface area contributed by atoms with E-state index in [9.17, 15) is 4.79 Å². The van der Waals surface area contributed by atoms with Gasteiger partial charge < -0.3 is 4.90 Å². The minimum absolute atomic E-state index is 0.172. The Labute approximate surface area is 153 Å². The van der Waals surface area contributed by atoms with Crippen molar-refractivity contribution in [3.05, 3.63) is 94.2 Å². The molecule has 3 rings (SSSR count). The van der Waals surface area contributed by atoms with Crippen molar-refractivity contribution in [2.24, 2.45) is 0 Å². The Balaban J connectivity index is 1.94. The van der Waals surface area contributed by atoms with Gasteiger partial charge in [0.25, 0.3) is 0 Å². The van der Waals surface area contributed by atoms with Crippen molar-refractivity contribution >= 4 is 17.2 Å². The molecule has 0 aliphatic rings. The number of benzene rings is 2. The number of hydrogen-bond acceptors (Lipinski definition) is 2. The van der Waals surface area contributed by atoms with E-state index >= 15 is 0 Å². The zero-order valence-corrected chi connectivity index (χ0v) is 15.3. The molecule has 2 nitrogen and oxygen atoms in total. The molecule has 0 N–H and O–H groups in total. The molecule has 2 aromatic carbocycles. The third kappa shape index (κ3) is 4.37. The zero-order valence-electron chi connectivity index (χ0n) is 14.5. The molecule has 0 saturated carbocycles. The average molecular weight is 349 g/mol. The number of thiophene rings is 1. The fourth-order valence-electron chi connectivity index (χ4n) is 3.09. The van der Waals surface area contributed by atoms with Gasteiger partial charge in [-0.3, -0.25) is 4.79 Å². The predicted octanol–water partition coefficient (Wildman–Crippen LogP) is 5.32. The number of rotatable bonds is 7. The molecule has 0 saturated heterocycles. The van der Waals surface area contributed by atoms with Crippen LogP contribution in [0.15, 0.2) is 77.5 Å². The lowest BCUT2D eigenvalue weighted by atomic mass is 9.90. The molecule has 0 radical (unpaired) electrons. The summed E-state index contributed by atoms with van der Waals surface area (Å²) in [5.41, 5.74) is 3.29. The summed E-state index contributed by atoms with van der Waals surface area (Å²) in [7, 11) is 0. The second-order valence-electron chi connectivity index (χ2n) is 6.15. The van der Waals surface area contributed by atoms with Crippen LogP contribution < -0.4 is 0 Å². The summed E-state index contributed by atoms with van der Waals surface area (Å²) >= 11 is 1.67. The maximum Gasteiger partial charge on any atom is 0.234 e. The van der Waals surface area contributed by atoms with Crippen molar-refractivity contribution in [2.45, 2.75) is 25.8 Å². The summed E-state index contributed by atoms with van der Waals surface area (Å²) in [6, 6.07) is 22.3. The van der Waals surface area contributed by atoms with Gasteiger partial charge in [-0.15, -0.1) is 0 Å². The van der Waals surface area contributed by atoms with E-state index in [0.717, 1.165) is 24.1 Å². The normalized spacial score (nSPS) is 10.8. The van der Waals surface area contributed by atoms with Gasteiger partial charge in [-0.25, -0.2) is 0 Å². The van der Waals surface area contributed by atoms with Crippen molar-refractivity contribution in [3.63, 3.8) is 0 Å². The Hall–Kier alpha value is -2.39. The maximum atomic E-state index is 13.5. The highest BCUT2D eigenvalue weighted by Gasteiger charge is 2.27. The van der Waals surface area contributed by atoms with Crippen LogP contribution in [0.3, 0.4) is 0 Å². The van der Waals surface area contributed by atoms with Crippen molar-refractivity contribution < 1.29 is 4.79 Å². The van der Waals surface area contributed by atoms with Gasteiger partial charge in [0.15, 0.2) is 0 Å². The molecule has 0 aliphatic carbocycles. The summed E-state index contributed by atoms with van der Waals surface area (Å²) in [5, 5.41) is 4.19. The predicted molar refractivity (Wildman–Crippen MR) is 105 cm³/mol. The third-order valence-electron chi connectivity index (χ3n) is 4.27. The van der Waals surface area contributed by atoms with E-state index in [1.807, 2.05) is 65.6 Å². The molecule has 0 spiro atoms. The molecule has 0 unspecified atom stereocenters. The number of carbonyl (C=O) groups excluding carboxylic acids is 1. The van der Waals surface area contributed by atoms with Gasteiger partial charge in [-0.05, 0) is 39.9 Å². The highest BCUT2D eigenvalue weighted by Crippen LogP contribution is 2.27. The van der Waals surface area contributed by atoms with Gasteiger partial charge in [-0.1, -0.05) is 67.6 Å². The molecule has 0 atom stereocenters. The van der Waals surface area contributed by atoms with Crippen LogP contribution in [0.4, 0.5) is 0 Å². The van der Waals surface area contributed by atoms with E-state index in [0.29, 0.717) is 6.54 Å². The third-order valence-corrected chi connectivity index (χ3v) is 5.00. The van der Waals surface area contributed by atoms with Crippen molar-refractivity contribution in [3.8, 4) is 0 Å². The zero-order chi connectivity index (χ0) is 17.5. The van der Waals surface area contributed by atoms with Crippen LogP contribution in [-0.2, 0) is 11.3 Å². The van der Waals surface area contributed by atoms with E-state index in [2.05, 4.69) is 23.8 Å². The van der Waals surface area contributed by atoms with Gasteiger partial charge >= 0.3 is 0 Å².